The fraction of sp³-hybridized carbons (Fsp3) is 0.316. The molecular formula is C19H21ClFN3O5. The van der Waals surface area contributed by atoms with E-state index in [1.807, 2.05) is 0 Å². The summed E-state index contributed by atoms with van der Waals surface area (Å²) >= 11 is 5.94. The van der Waals surface area contributed by atoms with E-state index in [1.165, 1.54) is 44.3 Å². The zero-order chi connectivity index (χ0) is 21.6. The molecule has 2 unspecified atom stereocenters. The molecule has 0 bridgehead atoms. The van der Waals surface area contributed by atoms with Gasteiger partial charge >= 0.3 is 5.69 Å². The molecule has 3 N–H and O–H groups in total. The molecule has 10 heteroatoms. The molecule has 2 rings (SSSR count). The Labute approximate surface area is 171 Å². The summed E-state index contributed by atoms with van der Waals surface area (Å²) in [5, 5.41) is 26.6. The van der Waals surface area contributed by atoms with Gasteiger partial charge in [-0.05, 0) is 30.7 Å². The molecule has 1 amide bonds. The van der Waals surface area contributed by atoms with Crippen molar-refractivity contribution in [1.82, 2.24) is 10.6 Å². The van der Waals surface area contributed by atoms with Crippen LogP contribution in [0.25, 0.3) is 0 Å². The third kappa shape index (κ3) is 5.86. The van der Waals surface area contributed by atoms with E-state index in [0.717, 1.165) is 0 Å². The molecule has 2 atom stereocenters. The van der Waals surface area contributed by atoms with Crippen LogP contribution in [0.3, 0.4) is 0 Å². The molecule has 0 aliphatic rings. The van der Waals surface area contributed by atoms with Crippen molar-refractivity contribution in [2.45, 2.75) is 32.2 Å². The summed E-state index contributed by atoms with van der Waals surface area (Å²) in [5.74, 6) is -1.02. The minimum atomic E-state index is -0.960. The number of benzene rings is 2. The Morgan fingerprint density at radius 3 is 2.69 bits per heavy atom. The number of halogens is 2. The molecular weight excluding hydrogens is 405 g/mol. The van der Waals surface area contributed by atoms with Crippen LogP contribution in [0.2, 0.25) is 5.02 Å². The molecule has 0 spiro atoms. The standard InChI is InChI=1S/C19H21ClFN3O5/c1-11(25)18(19(26)22-2)23-9-12-6-7-17(16(8-12)24(27)28)29-10-13-14(20)4-3-5-15(13)21/h3-8,11,18,23,25H,9-10H2,1-2H3,(H,22,26). The van der Waals surface area contributed by atoms with Gasteiger partial charge in [0.2, 0.25) is 5.91 Å². The SMILES string of the molecule is CNC(=O)C(NCc1ccc(OCc2c(F)cccc2Cl)c([N+](=O)[O-])c1)C(C)O. The molecule has 0 aromatic heterocycles. The maximum Gasteiger partial charge on any atom is 0.311 e. The van der Waals surface area contributed by atoms with E-state index in [4.69, 9.17) is 16.3 Å². The Hall–Kier alpha value is -2.75. The third-order valence-electron chi connectivity index (χ3n) is 4.19. The van der Waals surface area contributed by atoms with Crippen molar-refractivity contribution in [2.75, 3.05) is 7.05 Å². The number of likely N-dealkylation sites (N-methyl/N-ethyl adjacent to an activating group) is 1. The first-order chi connectivity index (χ1) is 13.7. The molecule has 156 valence electrons. The van der Waals surface area contributed by atoms with Gasteiger partial charge < -0.3 is 15.2 Å². The van der Waals surface area contributed by atoms with Crippen LogP contribution in [0, 0.1) is 15.9 Å². The summed E-state index contributed by atoms with van der Waals surface area (Å²) in [6.07, 6.45) is -0.960. The van der Waals surface area contributed by atoms with Crippen LogP contribution in [0.5, 0.6) is 5.75 Å². The van der Waals surface area contributed by atoms with Gasteiger partial charge in [-0.1, -0.05) is 23.7 Å². The lowest BCUT2D eigenvalue weighted by molar-refractivity contribution is -0.386. The number of ether oxygens (including phenoxy) is 1. The van der Waals surface area contributed by atoms with Gasteiger partial charge in [0.15, 0.2) is 5.75 Å². The summed E-state index contributed by atoms with van der Waals surface area (Å²) in [6.45, 7) is 1.29. The highest BCUT2D eigenvalue weighted by Gasteiger charge is 2.23. The molecule has 0 saturated carbocycles. The maximum atomic E-state index is 13.9. The summed E-state index contributed by atoms with van der Waals surface area (Å²) < 4.78 is 19.3. The van der Waals surface area contributed by atoms with Crippen LogP contribution < -0.4 is 15.4 Å². The predicted molar refractivity (Wildman–Crippen MR) is 105 cm³/mol. The Balaban J connectivity index is 2.16. The minimum absolute atomic E-state index is 0.0450. The number of amides is 1. The van der Waals surface area contributed by atoms with E-state index in [1.54, 1.807) is 6.07 Å². The topological polar surface area (TPSA) is 114 Å². The summed E-state index contributed by atoms with van der Waals surface area (Å²) in [5.41, 5.74) is 0.285. The number of aliphatic hydroxyl groups is 1. The molecule has 2 aromatic rings. The average Bonchev–Trinajstić information content (AvgIpc) is 2.67. The van der Waals surface area contributed by atoms with Crippen molar-refractivity contribution < 1.29 is 24.0 Å². The van der Waals surface area contributed by atoms with Gasteiger partial charge in [-0.15, -0.1) is 0 Å². The van der Waals surface area contributed by atoms with Crippen LogP contribution in [0.4, 0.5) is 10.1 Å². The van der Waals surface area contributed by atoms with E-state index < -0.39 is 28.8 Å². The number of carbonyl (C=O) groups is 1. The number of nitro benzene ring substituents is 1. The van der Waals surface area contributed by atoms with E-state index in [9.17, 15) is 24.4 Å². The van der Waals surface area contributed by atoms with Gasteiger partial charge in [0.1, 0.15) is 18.5 Å². The molecule has 0 saturated heterocycles. The number of hydrogen-bond acceptors (Lipinski definition) is 6. The molecule has 8 nitrogen and oxygen atoms in total. The zero-order valence-corrected chi connectivity index (χ0v) is 16.6. The Morgan fingerprint density at radius 2 is 2.10 bits per heavy atom. The van der Waals surface area contributed by atoms with Gasteiger partial charge in [0.25, 0.3) is 0 Å². The van der Waals surface area contributed by atoms with E-state index in [0.29, 0.717) is 5.56 Å². The van der Waals surface area contributed by atoms with Gasteiger partial charge in [-0.3, -0.25) is 20.2 Å². The number of nitro groups is 1. The fourth-order valence-electron chi connectivity index (χ4n) is 2.62. The largest absolute Gasteiger partial charge is 0.482 e. The molecule has 2 aromatic carbocycles. The van der Waals surface area contributed by atoms with Crippen molar-refractivity contribution in [2.24, 2.45) is 0 Å². The van der Waals surface area contributed by atoms with Gasteiger partial charge in [0, 0.05) is 25.2 Å². The van der Waals surface area contributed by atoms with Crippen molar-refractivity contribution in [3.05, 3.63) is 68.5 Å². The summed E-state index contributed by atoms with van der Waals surface area (Å²) in [6, 6.07) is 7.54. The predicted octanol–water partition coefficient (Wildman–Crippen LogP) is 2.55. The molecule has 0 aliphatic heterocycles. The van der Waals surface area contributed by atoms with Crippen molar-refractivity contribution in [3.8, 4) is 5.75 Å². The highest BCUT2D eigenvalue weighted by atomic mass is 35.5. The first kappa shape index (κ1) is 22.5. The number of nitrogens with zero attached hydrogens (tertiary/aromatic N) is 1. The van der Waals surface area contributed by atoms with Crippen LogP contribution in [0.15, 0.2) is 36.4 Å². The highest BCUT2D eigenvalue weighted by Crippen LogP contribution is 2.30. The smallest absolute Gasteiger partial charge is 0.311 e. The Kier molecular flexibility index (Phi) is 7.89. The number of hydrogen-bond donors (Lipinski definition) is 3. The van der Waals surface area contributed by atoms with Crippen molar-refractivity contribution in [3.63, 3.8) is 0 Å². The second-order valence-corrected chi connectivity index (χ2v) is 6.67. The average molecular weight is 426 g/mol. The normalized spacial score (nSPS) is 12.9. The maximum absolute atomic E-state index is 13.9. The lowest BCUT2D eigenvalue weighted by Crippen LogP contribution is -2.49. The van der Waals surface area contributed by atoms with Crippen LogP contribution >= 0.6 is 11.6 Å². The van der Waals surface area contributed by atoms with Gasteiger partial charge in [-0.25, -0.2) is 4.39 Å². The van der Waals surface area contributed by atoms with Gasteiger partial charge in [0.05, 0.1) is 16.0 Å². The quantitative estimate of drug-likeness (QED) is 0.420. The zero-order valence-electron chi connectivity index (χ0n) is 15.8. The van der Waals surface area contributed by atoms with Crippen molar-refractivity contribution in [1.29, 1.82) is 0 Å². The second kappa shape index (κ2) is 10.1. The van der Waals surface area contributed by atoms with Crippen LogP contribution in [-0.4, -0.2) is 35.1 Å². The van der Waals surface area contributed by atoms with Crippen LogP contribution in [0.1, 0.15) is 18.1 Å². The van der Waals surface area contributed by atoms with E-state index in [2.05, 4.69) is 10.6 Å². The fourth-order valence-corrected chi connectivity index (χ4v) is 2.84. The second-order valence-electron chi connectivity index (χ2n) is 6.26. The molecule has 0 fully saturated rings. The summed E-state index contributed by atoms with van der Waals surface area (Å²) in [7, 11) is 1.44. The van der Waals surface area contributed by atoms with E-state index in [-0.39, 0.29) is 35.2 Å². The Bertz CT molecular complexity index is 874. The molecule has 29 heavy (non-hydrogen) atoms. The number of aliphatic hydroxyl groups excluding tert-OH is 1. The first-order valence-corrected chi connectivity index (χ1v) is 9.08. The monoisotopic (exact) mass is 425 g/mol. The summed E-state index contributed by atoms with van der Waals surface area (Å²) in [4.78, 5) is 22.6. The van der Waals surface area contributed by atoms with Gasteiger partial charge in [-0.2, -0.15) is 0 Å². The number of rotatable bonds is 9. The first-order valence-electron chi connectivity index (χ1n) is 8.70. The molecule has 0 radical (unpaired) electrons. The third-order valence-corrected chi connectivity index (χ3v) is 4.55. The molecule has 0 aliphatic carbocycles. The number of nitrogens with one attached hydrogen (secondary N) is 2. The van der Waals surface area contributed by atoms with Crippen molar-refractivity contribution >= 4 is 23.2 Å². The molecule has 0 heterocycles. The Morgan fingerprint density at radius 1 is 1.38 bits per heavy atom. The number of carbonyl (C=O) groups excluding carboxylic acids is 1. The lowest BCUT2D eigenvalue weighted by atomic mass is 10.1. The lowest BCUT2D eigenvalue weighted by Gasteiger charge is -2.20. The van der Waals surface area contributed by atoms with E-state index >= 15 is 0 Å². The highest BCUT2D eigenvalue weighted by molar-refractivity contribution is 6.31. The van der Waals surface area contributed by atoms with Crippen LogP contribution in [-0.2, 0) is 17.9 Å². The minimum Gasteiger partial charge on any atom is -0.482 e.